The predicted octanol–water partition coefficient (Wildman–Crippen LogP) is 13.1. The van der Waals surface area contributed by atoms with Gasteiger partial charge in [0.25, 0.3) is 0 Å². The van der Waals surface area contributed by atoms with Crippen molar-refractivity contribution in [1.82, 2.24) is 9.97 Å². The quantitative estimate of drug-likeness (QED) is 0.165. The molecule has 0 spiro atoms. The number of para-hydroxylation sites is 2. The summed E-state index contributed by atoms with van der Waals surface area (Å²) in [6.45, 7) is 6.26. The molecule has 0 amide bonds. The summed E-state index contributed by atoms with van der Waals surface area (Å²) in [5, 5.41) is 4.54. The molecule has 1 aliphatic rings. The summed E-state index contributed by atoms with van der Waals surface area (Å²) in [6, 6.07) is 43.9. The van der Waals surface area contributed by atoms with Gasteiger partial charge in [0, 0.05) is 59.8 Å². The van der Waals surface area contributed by atoms with Crippen LogP contribution in [0.2, 0.25) is 0 Å². The summed E-state index contributed by atoms with van der Waals surface area (Å²) in [5.74, 6) is 0.436. The molecule has 1 radical (unpaired) electrons. The molecule has 0 saturated heterocycles. The van der Waals surface area contributed by atoms with Gasteiger partial charge in [-0.1, -0.05) is 74.4 Å². The molecule has 53 heavy (non-hydrogen) atoms. The van der Waals surface area contributed by atoms with E-state index in [0.29, 0.717) is 5.92 Å². The van der Waals surface area contributed by atoms with Crippen molar-refractivity contribution in [2.45, 2.75) is 52.4 Å². The van der Waals surface area contributed by atoms with E-state index in [-0.39, 0.29) is 20.1 Å². The van der Waals surface area contributed by atoms with E-state index in [9.17, 15) is 0 Å². The van der Waals surface area contributed by atoms with Gasteiger partial charge in [-0.2, -0.15) is 0 Å². The predicted molar refractivity (Wildman–Crippen MR) is 212 cm³/mol. The number of pyridine rings is 2. The number of nitrogens with zero attached hydrogens (tertiary/aromatic N) is 2. The van der Waals surface area contributed by atoms with Gasteiger partial charge in [-0.05, 0) is 72.8 Å². The van der Waals surface area contributed by atoms with E-state index in [1.54, 1.807) is 0 Å². The maximum atomic E-state index is 6.74. The van der Waals surface area contributed by atoms with E-state index in [0.717, 1.165) is 66.6 Å². The Morgan fingerprint density at radius 2 is 1.28 bits per heavy atom. The average Bonchev–Trinajstić information content (AvgIpc) is 3.94. The van der Waals surface area contributed by atoms with Crippen LogP contribution in [0.5, 0.6) is 0 Å². The normalized spacial score (nSPS) is 13.0. The minimum absolute atomic E-state index is 0. The summed E-state index contributed by atoms with van der Waals surface area (Å²) < 4.78 is 13.4. The van der Waals surface area contributed by atoms with Crippen LogP contribution in [0.4, 0.5) is 0 Å². The van der Waals surface area contributed by atoms with Crippen molar-refractivity contribution in [1.29, 1.82) is 0 Å². The van der Waals surface area contributed by atoms with E-state index in [1.165, 1.54) is 58.9 Å². The standard InChI is InChI=1S/C35H26NO2.C13H12N.Ir/c1-21-20-36-27(22-11-3-2-4-12-22)19-26(21)31-30(23-13-5-6-14-23)34-33(25-16-8-10-18-29(25)37-34)35-32(31)24-15-7-9-17-28(24)38-35;1-10-3-6-12(7-4-10)13-8-5-11(2)9-14-13;/h2-4,7-11,15-20,23H,5-6,13-14H2,1H3;3-6,8-9H,1-2H3;/q2*-1;. The number of hydrogen-bond donors (Lipinski definition) is 0. The first-order chi connectivity index (χ1) is 25.5. The Labute approximate surface area is 323 Å². The van der Waals surface area contributed by atoms with Crippen LogP contribution in [0.25, 0.3) is 77.5 Å². The van der Waals surface area contributed by atoms with Crippen molar-refractivity contribution in [3.05, 3.63) is 156 Å². The molecule has 4 aromatic heterocycles. The molecule has 0 N–H and O–H groups in total. The van der Waals surface area contributed by atoms with Gasteiger partial charge in [0.05, 0.1) is 5.39 Å². The van der Waals surface area contributed by atoms with Gasteiger partial charge in [-0.3, -0.25) is 0 Å². The zero-order valence-corrected chi connectivity index (χ0v) is 32.4. The molecule has 10 rings (SSSR count). The maximum absolute atomic E-state index is 6.74. The van der Waals surface area contributed by atoms with Gasteiger partial charge < -0.3 is 18.8 Å². The fraction of sp³-hybridized carbons (Fsp3) is 0.167. The number of fused-ring (bicyclic) bond motifs is 7. The Balaban J connectivity index is 0.000000226. The monoisotopic (exact) mass is 867 g/mol. The Hall–Kier alpha value is -5.35. The second-order valence-corrected chi connectivity index (χ2v) is 14.0. The van der Waals surface area contributed by atoms with Crippen LogP contribution in [-0.4, -0.2) is 9.97 Å². The van der Waals surface area contributed by atoms with Gasteiger partial charge in [0.1, 0.15) is 22.3 Å². The van der Waals surface area contributed by atoms with E-state index >= 15 is 0 Å². The molecule has 5 heteroatoms. The number of hydrogen-bond acceptors (Lipinski definition) is 4. The second kappa shape index (κ2) is 14.6. The summed E-state index contributed by atoms with van der Waals surface area (Å²) >= 11 is 0. The minimum atomic E-state index is 0. The Morgan fingerprint density at radius 1 is 0.623 bits per heavy atom. The smallest absolute Gasteiger partial charge is 0.147 e. The van der Waals surface area contributed by atoms with E-state index in [1.807, 2.05) is 67.8 Å². The van der Waals surface area contributed by atoms with Crippen molar-refractivity contribution in [3.8, 4) is 33.6 Å². The summed E-state index contributed by atoms with van der Waals surface area (Å²) in [6.07, 6.45) is 8.71. The van der Waals surface area contributed by atoms with Gasteiger partial charge in [-0.15, -0.1) is 71.3 Å². The molecule has 5 aromatic carbocycles. The third kappa shape index (κ3) is 6.39. The third-order valence-electron chi connectivity index (χ3n) is 10.5. The molecule has 9 aromatic rings. The first kappa shape index (κ1) is 34.7. The molecule has 0 atom stereocenters. The topological polar surface area (TPSA) is 52.1 Å². The summed E-state index contributed by atoms with van der Waals surface area (Å²) in [4.78, 5) is 9.16. The van der Waals surface area contributed by atoms with Crippen molar-refractivity contribution >= 4 is 43.9 Å². The van der Waals surface area contributed by atoms with Crippen LogP contribution in [-0.2, 0) is 20.1 Å². The minimum Gasteiger partial charge on any atom is -0.456 e. The van der Waals surface area contributed by atoms with Gasteiger partial charge >= 0.3 is 0 Å². The van der Waals surface area contributed by atoms with Gasteiger partial charge in [0.2, 0.25) is 0 Å². The molecule has 1 saturated carbocycles. The second-order valence-electron chi connectivity index (χ2n) is 14.0. The molecule has 0 unspecified atom stereocenters. The molecule has 4 nitrogen and oxygen atoms in total. The fourth-order valence-corrected chi connectivity index (χ4v) is 7.84. The Kier molecular flexibility index (Phi) is 9.55. The maximum Gasteiger partial charge on any atom is 0.147 e. The van der Waals surface area contributed by atoms with Crippen LogP contribution >= 0.6 is 0 Å². The number of benzene rings is 5. The van der Waals surface area contributed by atoms with Crippen LogP contribution in [0.1, 0.15) is 53.9 Å². The SMILES string of the molecule is Cc1c[c-]c(-c2ccc(C)cn2)cc1.Cc1cnc(-c2[c-]cccc2)cc1-c1c(C2CCCC2)c2oc3ccccc3c2c2oc3ccccc3c12.[Ir]. The molecule has 1 fully saturated rings. The van der Waals surface area contributed by atoms with Crippen molar-refractivity contribution < 1.29 is 28.9 Å². The Morgan fingerprint density at radius 3 is 1.96 bits per heavy atom. The third-order valence-corrected chi connectivity index (χ3v) is 10.5. The molecule has 0 aliphatic heterocycles. The van der Waals surface area contributed by atoms with Crippen molar-refractivity contribution in [2.24, 2.45) is 0 Å². The summed E-state index contributed by atoms with van der Waals surface area (Å²) in [7, 11) is 0. The van der Waals surface area contributed by atoms with Crippen LogP contribution in [0.15, 0.2) is 130 Å². The van der Waals surface area contributed by atoms with E-state index in [2.05, 4.69) is 91.6 Å². The molecule has 1 aliphatic carbocycles. The van der Waals surface area contributed by atoms with Gasteiger partial charge in [0.15, 0.2) is 0 Å². The number of furan rings is 2. The van der Waals surface area contributed by atoms with Crippen LogP contribution in [0.3, 0.4) is 0 Å². The van der Waals surface area contributed by atoms with Crippen LogP contribution < -0.4 is 0 Å². The number of rotatable bonds is 4. The largest absolute Gasteiger partial charge is 0.456 e. The first-order valence-corrected chi connectivity index (χ1v) is 18.2. The van der Waals surface area contributed by atoms with Crippen molar-refractivity contribution in [2.75, 3.05) is 0 Å². The first-order valence-electron chi connectivity index (χ1n) is 18.2. The fourth-order valence-electron chi connectivity index (χ4n) is 7.84. The van der Waals surface area contributed by atoms with Crippen LogP contribution in [0, 0.1) is 32.9 Å². The number of aromatic nitrogens is 2. The van der Waals surface area contributed by atoms with Gasteiger partial charge in [-0.25, -0.2) is 0 Å². The molecular formula is C48H38IrN2O2-2. The number of aryl methyl sites for hydroxylation is 3. The van der Waals surface area contributed by atoms with Crippen molar-refractivity contribution in [3.63, 3.8) is 0 Å². The molecule has 0 bridgehead atoms. The van der Waals surface area contributed by atoms with E-state index < -0.39 is 0 Å². The zero-order chi connectivity index (χ0) is 35.2. The zero-order valence-electron chi connectivity index (χ0n) is 30.0. The molecular weight excluding hydrogens is 829 g/mol. The average molecular weight is 867 g/mol. The molecule has 4 heterocycles. The van der Waals surface area contributed by atoms with E-state index in [4.69, 9.17) is 13.8 Å². The molecule has 263 valence electrons. The summed E-state index contributed by atoms with van der Waals surface area (Å²) in [5.41, 5.74) is 14.9. The Bertz CT molecular complexity index is 2660.